The second kappa shape index (κ2) is 11.3. The standard InChI is InChI=1S/C31H54N2O3/c1-20(2)8-7-9-21(3)25-10-11-26-24-19-29(33-35-17-16-32)28-18-23(36-22(4)34)12-14-31(28,6)27(24)13-15-30(25,26)5/h20-21,23-28H,7-19,32H2,1-6H3/b33-29-/t21-,23+,24+,25-,26+,27+,28-,30-,31-/m1/s1. The number of carbonyl (C=O) groups is 1. The summed E-state index contributed by atoms with van der Waals surface area (Å²) in [6, 6.07) is 0. The Labute approximate surface area is 220 Å². The Bertz CT molecular complexity index is 797. The van der Waals surface area contributed by atoms with Crippen LogP contribution in [-0.2, 0) is 14.4 Å². The molecule has 4 fully saturated rings. The number of nitrogens with two attached hydrogens (primary N) is 1. The lowest BCUT2D eigenvalue weighted by Crippen LogP contribution is -2.57. The van der Waals surface area contributed by atoms with E-state index < -0.39 is 0 Å². The van der Waals surface area contributed by atoms with Crippen molar-refractivity contribution in [1.29, 1.82) is 0 Å². The highest BCUT2D eigenvalue weighted by Crippen LogP contribution is 2.68. The molecule has 0 radical (unpaired) electrons. The van der Waals surface area contributed by atoms with Gasteiger partial charge in [0, 0.05) is 19.4 Å². The number of esters is 1. The van der Waals surface area contributed by atoms with E-state index in [-0.39, 0.29) is 17.5 Å². The van der Waals surface area contributed by atoms with Gasteiger partial charge in [-0.15, -0.1) is 0 Å². The van der Waals surface area contributed by atoms with Crippen LogP contribution in [0.15, 0.2) is 5.16 Å². The molecule has 0 aromatic rings. The first-order valence-electron chi connectivity index (χ1n) is 15.2. The fraction of sp³-hybridized carbons (Fsp3) is 0.935. The number of carbonyl (C=O) groups excluding carboxylic acids is 1. The van der Waals surface area contributed by atoms with Gasteiger partial charge in [0.1, 0.15) is 12.7 Å². The molecule has 4 aliphatic rings. The molecule has 5 nitrogen and oxygen atoms in total. The highest BCUT2D eigenvalue weighted by atomic mass is 16.6. The average Bonchev–Trinajstić information content (AvgIpc) is 3.16. The second-order valence-electron chi connectivity index (χ2n) is 13.9. The molecule has 4 aliphatic carbocycles. The molecule has 2 N–H and O–H groups in total. The third-order valence-electron chi connectivity index (χ3n) is 11.4. The predicted molar refractivity (Wildman–Crippen MR) is 146 cm³/mol. The van der Waals surface area contributed by atoms with Gasteiger partial charge in [0.05, 0.1) is 5.71 Å². The van der Waals surface area contributed by atoms with E-state index in [4.69, 9.17) is 20.5 Å². The molecule has 0 unspecified atom stereocenters. The molecule has 0 amide bonds. The molecule has 0 aliphatic heterocycles. The van der Waals surface area contributed by atoms with Gasteiger partial charge < -0.3 is 15.3 Å². The normalized spacial score (nSPS) is 41.9. The lowest BCUT2D eigenvalue weighted by Gasteiger charge is -2.61. The molecule has 4 saturated carbocycles. The van der Waals surface area contributed by atoms with Crippen molar-refractivity contribution in [1.82, 2.24) is 0 Å². The number of nitrogens with zero attached hydrogens (tertiary/aromatic N) is 1. The van der Waals surface area contributed by atoms with Crippen LogP contribution in [0.5, 0.6) is 0 Å². The summed E-state index contributed by atoms with van der Waals surface area (Å²) in [5, 5.41) is 4.75. The molecule has 0 spiro atoms. The summed E-state index contributed by atoms with van der Waals surface area (Å²) in [5.74, 6) is 4.89. The van der Waals surface area contributed by atoms with Gasteiger partial charge in [-0.1, -0.05) is 59.0 Å². The van der Waals surface area contributed by atoms with E-state index in [1.807, 2.05) is 0 Å². The van der Waals surface area contributed by atoms with Crippen LogP contribution in [-0.4, -0.2) is 30.9 Å². The van der Waals surface area contributed by atoms with Gasteiger partial charge in [-0.05, 0) is 97.7 Å². The largest absolute Gasteiger partial charge is 0.463 e. The summed E-state index contributed by atoms with van der Waals surface area (Å²) in [7, 11) is 0. The molecular weight excluding hydrogens is 448 g/mol. The van der Waals surface area contributed by atoms with Crippen molar-refractivity contribution in [2.45, 2.75) is 118 Å². The Balaban J connectivity index is 1.55. The van der Waals surface area contributed by atoms with Gasteiger partial charge >= 0.3 is 5.97 Å². The zero-order valence-electron chi connectivity index (χ0n) is 24.1. The van der Waals surface area contributed by atoms with Crippen LogP contribution >= 0.6 is 0 Å². The van der Waals surface area contributed by atoms with E-state index >= 15 is 0 Å². The van der Waals surface area contributed by atoms with Crippen LogP contribution in [0.25, 0.3) is 0 Å². The van der Waals surface area contributed by atoms with Gasteiger partial charge in [-0.25, -0.2) is 0 Å². The Morgan fingerprint density at radius 1 is 1.06 bits per heavy atom. The number of ether oxygens (including phenoxy) is 1. The lowest BCUT2D eigenvalue weighted by molar-refractivity contribution is -0.153. The van der Waals surface area contributed by atoms with Crippen LogP contribution in [0.4, 0.5) is 0 Å². The zero-order chi connectivity index (χ0) is 26.1. The van der Waals surface area contributed by atoms with Crippen molar-refractivity contribution >= 4 is 11.7 Å². The summed E-state index contributed by atoms with van der Waals surface area (Å²) in [6.45, 7) is 14.9. The monoisotopic (exact) mass is 502 g/mol. The summed E-state index contributed by atoms with van der Waals surface area (Å²) < 4.78 is 5.71. The molecular formula is C31H54N2O3. The van der Waals surface area contributed by atoms with Crippen LogP contribution in [0.1, 0.15) is 112 Å². The van der Waals surface area contributed by atoms with E-state index in [2.05, 4.69) is 34.6 Å². The van der Waals surface area contributed by atoms with Crippen molar-refractivity contribution in [2.24, 2.45) is 63.1 Å². The third-order valence-corrected chi connectivity index (χ3v) is 11.4. The van der Waals surface area contributed by atoms with E-state index in [9.17, 15) is 4.79 Å². The van der Waals surface area contributed by atoms with Crippen molar-refractivity contribution in [2.75, 3.05) is 13.2 Å². The molecule has 36 heavy (non-hydrogen) atoms. The molecule has 0 heterocycles. The summed E-state index contributed by atoms with van der Waals surface area (Å²) in [6.07, 6.45) is 13.7. The number of hydrogen-bond donors (Lipinski definition) is 1. The molecule has 0 aromatic heterocycles. The topological polar surface area (TPSA) is 73.9 Å². The average molecular weight is 503 g/mol. The summed E-state index contributed by atoms with van der Waals surface area (Å²) in [4.78, 5) is 17.5. The molecule has 206 valence electrons. The van der Waals surface area contributed by atoms with E-state index in [1.165, 1.54) is 57.6 Å². The van der Waals surface area contributed by atoms with Crippen LogP contribution < -0.4 is 5.73 Å². The molecule has 0 saturated heterocycles. The molecule has 5 heteroatoms. The number of hydrogen-bond acceptors (Lipinski definition) is 5. The minimum atomic E-state index is -0.164. The summed E-state index contributed by atoms with van der Waals surface area (Å²) in [5.41, 5.74) is 7.61. The third kappa shape index (κ3) is 5.38. The molecule has 4 rings (SSSR count). The lowest BCUT2D eigenvalue weighted by atomic mass is 9.44. The van der Waals surface area contributed by atoms with Crippen LogP contribution in [0, 0.1) is 52.3 Å². The predicted octanol–water partition coefficient (Wildman–Crippen LogP) is 6.98. The molecule has 0 aromatic carbocycles. The first-order valence-corrected chi connectivity index (χ1v) is 15.2. The van der Waals surface area contributed by atoms with Gasteiger partial charge in [0.2, 0.25) is 0 Å². The van der Waals surface area contributed by atoms with Crippen molar-refractivity contribution in [3.8, 4) is 0 Å². The zero-order valence-corrected chi connectivity index (χ0v) is 24.1. The van der Waals surface area contributed by atoms with Crippen LogP contribution in [0.2, 0.25) is 0 Å². The maximum absolute atomic E-state index is 11.7. The summed E-state index contributed by atoms with van der Waals surface area (Å²) >= 11 is 0. The van der Waals surface area contributed by atoms with E-state index in [0.29, 0.717) is 30.4 Å². The number of rotatable bonds is 9. The first-order chi connectivity index (χ1) is 17.1. The fourth-order valence-electron chi connectivity index (χ4n) is 9.68. The van der Waals surface area contributed by atoms with E-state index in [0.717, 1.165) is 55.3 Å². The van der Waals surface area contributed by atoms with Gasteiger partial charge in [-0.3, -0.25) is 4.79 Å². The Hall–Kier alpha value is -1.10. The minimum Gasteiger partial charge on any atom is -0.463 e. The Morgan fingerprint density at radius 2 is 1.78 bits per heavy atom. The van der Waals surface area contributed by atoms with Gasteiger partial charge in [0.15, 0.2) is 0 Å². The fourth-order valence-corrected chi connectivity index (χ4v) is 9.68. The SMILES string of the molecule is CC(=O)O[C@H]1CC[C@@]2(C)[C@H](C1)/C(=N\OCCN)C[C@@H]1[C@@H]2CC[C@]2(C)[C@@H]([C@H](C)CCCC(C)C)CC[C@@H]12. The highest BCUT2D eigenvalue weighted by molar-refractivity contribution is 5.88. The highest BCUT2D eigenvalue weighted by Gasteiger charge is 2.62. The van der Waals surface area contributed by atoms with E-state index in [1.54, 1.807) is 0 Å². The molecule has 9 atom stereocenters. The second-order valence-corrected chi connectivity index (χ2v) is 13.9. The van der Waals surface area contributed by atoms with Crippen molar-refractivity contribution in [3.63, 3.8) is 0 Å². The molecule has 0 bridgehead atoms. The van der Waals surface area contributed by atoms with Gasteiger partial charge in [0.25, 0.3) is 0 Å². The quantitative estimate of drug-likeness (QED) is 0.210. The van der Waals surface area contributed by atoms with Crippen LogP contribution in [0.3, 0.4) is 0 Å². The Morgan fingerprint density at radius 3 is 2.47 bits per heavy atom. The van der Waals surface area contributed by atoms with Crippen molar-refractivity contribution < 1.29 is 14.4 Å². The van der Waals surface area contributed by atoms with Crippen molar-refractivity contribution in [3.05, 3.63) is 0 Å². The maximum Gasteiger partial charge on any atom is 0.302 e. The Kier molecular flexibility index (Phi) is 8.79. The number of oxime groups is 1. The smallest absolute Gasteiger partial charge is 0.302 e. The first kappa shape index (κ1) is 27.9. The van der Waals surface area contributed by atoms with Gasteiger partial charge in [-0.2, -0.15) is 0 Å². The maximum atomic E-state index is 11.7. The minimum absolute atomic E-state index is 0.00763. The number of fused-ring (bicyclic) bond motifs is 5.